The molecule has 0 radical (unpaired) electrons. The fraction of sp³-hybridized carbons (Fsp3) is 0.227. The Bertz CT molecular complexity index is 1200. The monoisotopic (exact) mass is 374 g/mol. The van der Waals surface area contributed by atoms with E-state index in [0.717, 1.165) is 47.2 Å². The van der Waals surface area contributed by atoms with Crippen LogP contribution < -0.4 is 10.3 Å². The molecule has 0 bridgehead atoms. The first-order chi connectivity index (χ1) is 13.7. The standard InChI is InChI=1S/C22H22N4O2/c1-3-4-11-28-17-8-6-16(7-9-17)13-24-26-14-23-20-18-12-15(2)5-10-19(18)25-21(20)22(26)27/h5-10,12-14,25H,3-4,11H2,1-2H3. The summed E-state index contributed by atoms with van der Waals surface area (Å²) in [6.07, 6.45) is 5.24. The van der Waals surface area contributed by atoms with Gasteiger partial charge >= 0.3 is 0 Å². The van der Waals surface area contributed by atoms with Crippen molar-refractivity contribution in [2.24, 2.45) is 5.10 Å². The maximum atomic E-state index is 12.8. The molecule has 6 nitrogen and oxygen atoms in total. The topological polar surface area (TPSA) is 72.3 Å². The van der Waals surface area contributed by atoms with Gasteiger partial charge in [0, 0.05) is 10.9 Å². The first-order valence-corrected chi connectivity index (χ1v) is 9.42. The lowest BCUT2D eigenvalue weighted by molar-refractivity contribution is 0.309. The summed E-state index contributed by atoms with van der Waals surface area (Å²) in [7, 11) is 0. The molecule has 2 heterocycles. The second-order valence-corrected chi connectivity index (χ2v) is 6.81. The molecule has 0 saturated heterocycles. The Morgan fingerprint density at radius 1 is 1.21 bits per heavy atom. The quantitative estimate of drug-likeness (QED) is 0.405. The molecule has 2 aromatic heterocycles. The van der Waals surface area contributed by atoms with Crippen LogP contribution in [0.5, 0.6) is 5.75 Å². The highest BCUT2D eigenvalue weighted by molar-refractivity contribution is 6.04. The number of ether oxygens (including phenoxy) is 1. The number of aryl methyl sites for hydroxylation is 1. The first-order valence-electron chi connectivity index (χ1n) is 9.42. The zero-order valence-corrected chi connectivity index (χ0v) is 16.0. The van der Waals surface area contributed by atoms with E-state index in [0.29, 0.717) is 11.0 Å². The van der Waals surface area contributed by atoms with Gasteiger partial charge in [0.05, 0.1) is 12.8 Å². The van der Waals surface area contributed by atoms with E-state index >= 15 is 0 Å². The van der Waals surface area contributed by atoms with Gasteiger partial charge in [-0.3, -0.25) is 4.79 Å². The van der Waals surface area contributed by atoms with Crippen molar-refractivity contribution in [1.29, 1.82) is 0 Å². The number of rotatable bonds is 6. The number of fused-ring (bicyclic) bond motifs is 3. The minimum atomic E-state index is -0.227. The largest absolute Gasteiger partial charge is 0.494 e. The van der Waals surface area contributed by atoms with E-state index in [9.17, 15) is 4.79 Å². The van der Waals surface area contributed by atoms with Gasteiger partial charge < -0.3 is 9.72 Å². The van der Waals surface area contributed by atoms with E-state index < -0.39 is 0 Å². The summed E-state index contributed by atoms with van der Waals surface area (Å²) in [5.74, 6) is 0.833. The number of hydrogen-bond acceptors (Lipinski definition) is 4. The molecule has 142 valence electrons. The minimum absolute atomic E-state index is 0.227. The molecule has 0 fully saturated rings. The Labute approximate surface area is 162 Å². The Balaban J connectivity index is 1.60. The van der Waals surface area contributed by atoms with Gasteiger partial charge in [-0.15, -0.1) is 0 Å². The van der Waals surface area contributed by atoms with E-state index in [1.54, 1.807) is 6.21 Å². The lowest BCUT2D eigenvalue weighted by Gasteiger charge is -2.04. The maximum Gasteiger partial charge on any atom is 0.298 e. The average Bonchev–Trinajstić information content (AvgIpc) is 3.07. The number of hydrogen-bond donors (Lipinski definition) is 1. The molecule has 2 aromatic carbocycles. The molecule has 0 atom stereocenters. The molecule has 4 aromatic rings. The van der Waals surface area contributed by atoms with Crippen LogP contribution in [0.25, 0.3) is 21.9 Å². The Kier molecular flexibility index (Phi) is 4.93. The fourth-order valence-corrected chi connectivity index (χ4v) is 3.06. The normalized spacial score (nSPS) is 11.6. The van der Waals surface area contributed by atoms with Gasteiger partial charge in [0.15, 0.2) is 0 Å². The lowest BCUT2D eigenvalue weighted by Crippen LogP contribution is -2.17. The van der Waals surface area contributed by atoms with Crippen molar-refractivity contribution in [3.8, 4) is 5.75 Å². The molecule has 6 heteroatoms. The van der Waals surface area contributed by atoms with Crippen LogP contribution in [0, 0.1) is 6.92 Å². The van der Waals surface area contributed by atoms with Crippen molar-refractivity contribution < 1.29 is 4.74 Å². The summed E-state index contributed by atoms with van der Waals surface area (Å²) in [5, 5.41) is 5.22. The summed E-state index contributed by atoms with van der Waals surface area (Å²) in [5.41, 5.74) is 3.80. The van der Waals surface area contributed by atoms with Crippen LogP contribution in [0.4, 0.5) is 0 Å². The van der Waals surface area contributed by atoms with E-state index in [1.165, 1.54) is 11.0 Å². The molecule has 0 aliphatic carbocycles. The number of aromatic amines is 1. The van der Waals surface area contributed by atoms with Crippen LogP contribution in [0.1, 0.15) is 30.9 Å². The molecule has 1 N–H and O–H groups in total. The van der Waals surface area contributed by atoms with E-state index in [-0.39, 0.29) is 5.56 Å². The predicted molar refractivity (Wildman–Crippen MR) is 112 cm³/mol. The predicted octanol–water partition coefficient (Wildman–Crippen LogP) is 4.25. The number of benzene rings is 2. The summed E-state index contributed by atoms with van der Waals surface area (Å²) in [6.45, 7) is 4.87. The highest BCUT2D eigenvalue weighted by Gasteiger charge is 2.10. The number of H-pyrrole nitrogens is 1. The Morgan fingerprint density at radius 2 is 2.04 bits per heavy atom. The van der Waals surface area contributed by atoms with Gasteiger partial charge in [-0.2, -0.15) is 9.78 Å². The van der Waals surface area contributed by atoms with E-state index in [1.807, 2.05) is 49.4 Å². The zero-order valence-electron chi connectivity index (χ0n) is 16.0. The van der Waals surface area contributed by atoms with Crippen molar-refractivity contribution in [1.82, 2.24) is 14.6 Å². The molecule has 0 spiro atoms. The van der Waals surface area contributed by atoms with Crippen LogP contribution in [0.3, 0.4) is 0 Å². The van der Waals surface area contributed by atoms with Gasteiger partial charge in [0.25, 0.3) is 5.56 Å². The third-order valence-electron chi connectivity index (χ3n) is 4.62. The highest BCUT2D eigenvalue weighted by Crippen LogP contribution is 2.22. The fourth-order valence-electron chi connectivity index (χ4n) is 3.06. The van der Waals surface area contributed by atoms with Crippen molar-refractivity contribution in [2.45, 2.75) is 26.7 Å². The Morgan fingerprint density at radius 3 is 2.82 bits per heavy atom. The number of aromatic nitrogens is 3. The van der Waals surface area contributed by atoms with Crippen molar-refractivity contribution in [2.75, 3.05) is 6.61 Å². The van der Waals surface area contributed by atoms with Gasteiger partial charge in [-0.1, -0.05) is 25.0 Å². The van der Waals surface area contributed by atoms with Gasteiger partial charge in [0.1, 0.15) is 23.1 Å². The molecule has 0 aliphatic heterocycles. The summed E-state index contributed by atoms with van der Waals surface area (Å²) >= 11 is 0. The third kappa shape index (κ3) is 3.53. The van der Waals surface area contributed by atoms with Crippen LogP contribution >= 0.6 is 0 Å². The van der Waals surface area contributed by atoms with Gasteiger partial charge in [-0.05, 0) is 55.3 Å². The molecule has 0 aliphatic rings. The molecule has 4 rings (SSSR count). The molecule has 28 heavy (non-hydrogen) atoms. The van der Waals surface area contributed by atoms with Crippen molar-refractivity contribution in [3.63, 3.8) is 0 Å². The molecule has 0 saturated carbocycles. The van der Waals surface area contributed by atoms with Crippen molar-refractivity contribution in [3.05, 3.63) is 70.3 Å². The van der Waals surface area contributed by atoms with Crippen molar-refractivity contribution >= 4 is 28.2 Å². The van der Waals surface area contributed by atoms with E-state index in [4.69, 9.17) is 4.74 Å². The summed E-state index contributed by atoms with van der Waals surface area (Å²) in [6, 6.07) is 13.6. The number of nitrogens with zero attached hydrogens (tertiary/aromatic N) is 3. The maximum absolute atomic E-state index is 12.8. The highest BCUT2D eigenvalue weighted by atomic mass is 16.5. The van der Waals surface area contributed by atoms with Gasteiger partial charge in [0.2, 0.25) is 0 Å². The molecular formula is C22H22N4O2. The zero-order chi connectivity index (χ0) is 19.5. The second-order valence-electron chi connectivity index (χ2n) is 6.81. The number of nitrogens with one attached hydrogen (secondary N) is 1. The lowest BCUT2D eigenvalue weighted by atomic mass is 10.2. The first kappa shape index (κ1) is 18.0. The molecule has 0 unspecified atom stereocenters. The summed E-state index contributed by atoms with van der Waals surface area (Å²) < 4.78 is 6.90. The second kappa shape index (κ2) is 7.68. The smallest absolute Gasteiger partial charge is 0.298 e. The third-order valence-corrected chi connectivity index (χ3v) is 4.62. The molecule has 0 amide bonds. The van der Waals surface area contributed by atoms with E-state index in [2.05, 4.69) is 22.0 Å². The van der Waals surface area contributed by atoms with Crippen LogP contribution in [0.2, 0.25) is 0 Å². The average molecular weight is 374 g/mol. The minimum Gasteiger partial charge on any atom is -0.494 e. The van der Waals surface area contributed by atoms with Crippen LogP contribution in [0.15, 0.2) is 58.7 Å². The van der Waals surface area contributed by atoms with Crippen LogP contribution in [-0.2, 0) is 0 Å². The van der Waals surface area contributed by atoms with Crippen LogP contribution in [-0.4, -0.2) is 27.5 Å². The summed E-state index contributed by atoms with van der Waals surface area (Å²) in [4.78, 5) is 20.4. The number of unbranched alkanes of at least 4 members (excludes halogenated alkanes) is 1. The van der Waals surface area contributed by atoms with Gasteiger partial charge in [-0.25, -0.2) is 4.98 Å². The Hall–Kier alpha value is -3.41. The molecular weight excluding hydrogens is 352 g/mol. The SMILES string of the molecule is CCCCOc1ccc(C=Nn2cnc3c([nH]c4ccc(C)cc43)c2=O)cc1.